The van der Waals surface area contributed by atoms with Crippen molar-refractivity contribution < 1.29 is 59.3 Å². The van der Waals surface area contributed by atoms with Gasteiger partial charge in [0.2, 0.25) is 5.24 Å². The van der Waals surface area contributed by atoms with Crippen LogP contribution < -0.4 is 10.6 Å². The van der Waals surface area contributed by atoms with Gasteiger partial charge in [-0.05, 0) is 49.7 Å². The van der Waals surface area contributed by atoms with Crippen LogP contribution in [0.2, 0.25) is 0 Å². The maximum atomic E-state index is 11.6. The molecule has 0 saturated carbocycles. The molecule has 1 fully saturated rings. The molecule has 1 heterocycles. The van der Waals surface area contributed by atoms with Gasteiger partial charge in [-0.1, -0.05) is 0 Å². The summed E-state index contributed by atoms with van der Waals surface area (Å²) in [5, 5.41) is 27.9. The maximum absolute atomic E-state index is 11.6. The molecule has 21 heteroatoms. The van der Waals surface area contributed by atoms with Crippen molar-refractivity contribution in [1.29, 1.82) is 0 Å². The van der Waals surface area contributed by atoms with Gasteiger partial charge < -0.3 is 30.0 Å². The van der Waals surface area contributed by atoms with Crippen molar-refractivity contribution >= 4 is 103 Å². The lowest BCUT2D eigenvalue weighted by Crippen LogP contribution is -2.41. The standard InChI is InChI=1S/C10H10N2O4.C6H6N2O2.C5H9ClO2.C4H6Cl2O2.C3H5ClO.C2H5ClO/c13-10-7-16-6-5-11(10)8-1-3-9(4-2-8)12(14)15;7-5-1-3-6(4-2-5)8(9)10;1-5(7)4-8-3-2-6;5-1-2-8-3-4(6)7;1-3(5)2-4;3-1-2-4/h1-4H,5-7H2;1-4H,7H2;2-4H2,1H3;1-3H2;2H2,1H3;4H,1-2H2/i6D2;;3D2;2D2;;2D2. The van der Waals surface area contributed by atoms with E-state index in [-0.39, 0.29) is 72.1 Å². The van der Waals surface area contributed by atoms with Gasteiger partial charge in [-0.25, -0.2) is 0 Å². The second-order valence-electron chi connectivity index (χ2n) is 8.35. The van der Waals surface area contributed by atoms with Crippen LogP contribution in [0.15, 0.2) is 48.5 Å². The summed E-state index contributed by atoms with van der Waals surface area (Å²) < 4.78 is 68.6. The first kappa shape index (κ1) is 37.6. The molecule has 0 spiro atoms. The van der Waals surface area contributed by atoms with Gasteiger partial charge in [0.25, 0.3) is 17.3 Å². The number of rotatable bonds is 13. The average molecular weight is 835 g/mol. The number of carbonyl (C=O) groups excluding carboxylic acids is 4. The van der Waals surface area contributed by atoms with Crippen LogP contribution in [-0.4, -0.2) is 114 Å². The van der Waals surface area contributed by atoms with Crippen LogP contribution in [0.5, 0.6) is 0 Å². The highest BCUT2D eigenvalue weighted by molar-refractivity contribution is 6.63. The van der Waals surface area contributed by atoms with Crippen molar-refractivity contribution in [2.24, 2.45) is 0 Å². The van der Waals surface area contributed by atoms with Crippen LogP contribution in [-0.2, 0) is 33.4 Å². The number of nitrogens with zero attached hydrogens (tertiary/aromatic N) is 3. The number of non-ortho nitro benzene ring substituents is 2. The second-order valence-corrected chi connectivity index (χ2v) is 9.84. The van der Waals surface area contributed by atoms with E-state index in [1.54, 1.807) is 0 Å². The predicted octanol–water partition coefficient (Wildman–Crippen LogP) is 5.00. The molecule has 3 N–H and O–H groups in total. The first-order chi connectivity index (χ1) is 26.9. The number of aliphatic hydroxyl groups is 1. The number of nitrogen functional groups attached to an aromatic ring is 1. The van der Waals surface area contributed by atoms with Gasteiger partial charge in [0, 0.05) is 59.8 Å². The first-order valence-corrected chi connectivity index (χ1v) is 16.0. The molecule has 2 aromatic rings. The molecule has 0 radical (unpaired) electrons. The number of alkyl halides is 4. The third-order valence-corrected chi connectivity index (χ3v) is 5.14. The topological polar surface area (TPSA) is 232 Å². The maximum Gasteiger partial charge on any atom is 0.269 e. The Hall–Kier alpha value is -3.19. The highest BCUT2D eigenvalue weighted by Gasteiger charge is 2.20. The van der Waals surface area contributed by atoms with Crippen molar-refractivity contribution in [2.75, 3.05) is 86.8 Å². The van der Waals surface area contributed by atoms with Crippen molar-refractivity contribution in [3.05, 3.63) is 68.8 Å². The molecular weight excluding hydrogens is 786 g/mol. The SMILES string of the molecule is CC(=O)CCl.Nc1ccc([N+](=O)[O-])cc1.[2H]C([2H])(CCl)OCC(=O)Cl.[2H]C([2H])(CCl)OCC(C)=O.[2H]C([2H])(O)CCl.[2H]C1([2H])CN(c2ccc([N+](=O)[O-])cc2)C(=O)CO1. The molecule has 0 aliphatic carbocycles. The predicted molar refractivity (Wildman–Crippen MR) is 198 cm³/mol. The number of hydrogen-bond acceptors (Lipinski definition) is 13. The van der Waals surface area contributed by atoms with Crippen molar-refractivity contribution in [3.8, 4) is 0 Å². The van der Waals surface area contributed by atoms with Crippen molar-refractivity contribution in [2.45, 2.75) is 13.8 Å². The molecule has 288 valence electrons. The number of anilines is 2. The molecule has 1 aliphatic heterocycles. The highest BCUT2D eigenvalue weighted by Crippen LogP contribution is 2.20. The molecular formula is C30H41Cl5N4O12. The number of nitrogens with two attached hydrogens (primary N) is 1. The van der Waals surface area contributed by atoms with E-state index >= 15 is 0 Å². The normalized spacial score (nSPS) is 15.3. The fraction of sp³-hybridized carbons (Fsp3) is 0.467. The smallest absolute Gasteiger partial charge is 0.269 e. The van der Waals surface area contributed by atoms with Crippen LogP contribution in [0.25, 0.3) is 0 Å². The summed E-state index contributed by atoms with van der Waals surface area (Å²) in [5.41, 5.74) is 6.23. The summed E-state index contributed by atoms with van der Waals surface area (Å²) in [4.78, 5) is 62.4. The zero-order valence-electron chi connectivity index (χ0n) is 35.0. The Morgan fingerprint density at radius 1 is 0.902 bits per heavy atom. The number of halogens is 5. The Kier molecular flexibility index (Phi) is 25.9. The fourth-order valence-electron chi connectivity index (χ4n) is 2.31. The molecule has 0 atom stereocenters. The molecule has 0 unspecified atom stereocenters. The molecule has 3 rings (SSSR count). The largest absolute Gasteiger partial charge is 0.399 e. The number of morpholine rings is 1. The number of nitro benzene ring substituents is 2. The Balaban J connectivity index is -0.000000674. The van der Waals surface area contributed by atoms with Crippen LogP contribution in [0.4, 0.5) is 22.7 Å². The minimum absolute atomic E-state index is 0.0201. The zero-order chi connectivity index (χ0) is 46.8. The Morgan fingerprint density at radius 3 is 1.69 bits per heavy atom. The number of nitro groups is 2. The highest BCUT2D eigenvalue weighted by atomic mass is 35.5. The molecule has 1 saturated heterocycles. The van der Waals surface area contributed by atoms with Gasteiger partial charge in [0.05, 0.1) is 52.9 Å². The van der Waals surface area contributed by atoms with Crippen LogP contribution >= 0.6 is 58.0 Å². The second kappa shape index (κ2) is 35.2. The van der Waals surface area contributed by atoms with E-state index in [9.17, 15) is 39.4 Å². The number of amides is 1. The fourth-order valence-corrected chi connectivity index (χ4v) is 2.52. The number of ketones is 2. The van der Waals surface area contributed by atoms with Crippen molar-refractivity contribution in [3.63, 3.8) is 0 Å². The number of hydrogen-bond donors (Lipinski definition) is 2. The van der Waals surface area contributed by atoms with E-state index < -0.39 is 47.9 Å². The van der Waals surface area contributed by atoms with E-state index in [0.29, 0.717) is 11.4 Å². The minimum atomic E-state index is -2.19. The van der Waals surface area contributed by atoms with E-state index in [1.165, 1.54) is 67.3 Å². The lowest BCUT2D eigenvalue weighted by Gasteiger charge is -2.26. The molecule has 0 aromatic heterocycles. The molecule has 51 heavy (non-hydrogen) atoms. The molecule has 1 amide bonds. The summed E-state index contributed by atoms with van der Waals surface area (Å²) in [7, 11) is 0. The van der Waals surface area contributed by atoms with E-state index in [0.717, 1.165) is 0 Å². The number of benzene rings is 2. The number of ether oxygens (including phenoxy) is 3. The summed E-state index contributed by atoms with van der Waals surface area (Å²) >= 11 is 25.0. The van der Waals surface area contributed by atoms with Gasteiger partial charge >= 0.3 is 0 Å². The van der Waals surface area contributed by atoms with E-state index in [2.05, 4.69) is 9.47 Å². The van der Waals surface area contributed by atoms with Gasteiger partial charge in [-0.15, -0.1) is 46.4 Å². The summed E-state index contributed by atoms with van der Waals surface area (Å²) in [6, 6.07) is 11.1. The molecule has 0 bridgehead atoms. The molecule has 1 aliphatic rings. The lowest BCUT2D eigenvalue weighted by atomic mass is 10.2. The monoisotopic (exact) mass is 832 g/mol. The number of carbonyl (C=O) groups is 4. The Morgan fingerprint density at radius 2 is 1.33 bits per heavy atom. The van der Waals surface area contributed by atoms with Gasteiger partial charge in [-0.2, -0.15) is 0 Å². The van der Waals surface area contributed by atoms with Gasteiger partial charge in [0.15, 0.2) is 5.78 Å². The Labute approximate surface area is 331 Å². The minimum Gasteiger partial charge on any atom is -0.399 e. The van der Waals surface area contributed by atoms with Crippen molar-refractivity contribution in [1.82, 2.24) is 0 Å². The Bertz CT molecular complexity index is 1590. The third-order valence-electron chi connectivity index (χ3n) is 4.32. The van der Waals surface area contributed by atoms with Crippen LogP contribution in [0.3, 0.4) is 0 Å². The van der Waals surface area contributed by atoms with Gasteiger partial charge in [-0.3, -0.25) is 39.4 Å². The zero-order valence-corrected chi connectivity index (χ0v) is 30.8. The first-order valence-electron chi connectivity index (χ1n) is 17.5. The van der Waals surface area contributed by atoms with Gasteiger partial charge in [0.1, 0.15) is 25.6 Å². The van der Waals surface area contributed by atoms with Crippen LogP contribution in [0, 0.1) is 20.2 Å². The summed E-state index contributed by atoms with van der Waals surface area (Å²) in [6.07, 6.45) is 0. The summed E-state index contributed by atoms with van der Waals surface area (Å²) in [5.74, 6) is -1.38. The molecule has 2 aromatic carbocycles. The van der Waals surface area contributed by atoms with E-state index in [4.69, 9.17) is 84.5 Å². The van der Waals surface area contributed by atoms with Crippen LogP contribution in [0.1, 0.15) is 24.8 Å². The summed E-state index contributed by atoms with van der Waals surface area (Å²) in [6.45, 7) is -6.43. The quantitative estimate of drug-likeness (QED) is 0.0890. The third kappa shape index (κ3) is 33.7. The molecule has 16 nitrogen and oxygen atoms in total. The van der Waals surface area contributed by atoms with E-state index in [1.807, 2.05) is 0 Å². The lowest BCUT2D eigenvalue weighted by molar-refractivity contribution is -0.385. The number of Topliss-reactive ketones (excluding diaryl/α,β-unsaturated/α-hetero) is 2. The average Bonchev–Trinajstić information content (AvgIpc) is 3.15.